The van der Waals surface area contributed by atoms with Crippen molar-refractivity contribution in [1.29, 1.82) is 0 Å². The lowest BCUT2D eigenvalue weighted by Gasteiger charge is -2.12. The van der Waals surface area contributed by atoms with Crippen molar-refractivity contribution in [2.75, 3.05) is 7.11 Å². The van der Waals surface area contributed by atoms with Gasteiger partial charge in [-0.2, -0.15) is 0 Å². The van der Waals surface area contributed by atoms with E-state index in [1.165, 1.54) is 11.7 Å². The third kappa shape index (κ3) is 1.99. The molecule has 0 saturated carbocycles. The fourth-order valence-electron chi connectivity index (χ4n) is 1.63. The summed E-state index contributed by atoms with van der Waals surface area (Å²) in [6.07, 6.45) is -0.530. The van der Waals surface area contributed by atoms with Crippen LogP contribution in [0.2, 0.25) is 5.28 Å². The summed E-state index contributed by atoms with van der Waals surface area (Å²) in [7, 11) is 1.54. The average molecular weight is 254 g/mol. The SMILES string of the molecule is COc1ccc2nc(Cl)n(C(C)N)c(=O)c2c1. The number of rotatable bonds is 2. The van der Waals surface area contributed by atoms with Gasteiger partial charge in [0.25, 0.3) is 5.56 Å². The molecule has 0 aliphatic heterocycles. The Bertz CT molecular complexity index is 622. The Morgan fingerprint density at radius 3 is 2.82 bits per heavy atom. The van der Waals surface area contributed by atoms with Gasteiger partial charge in [-0.25, -0.2) is 4.98 Å². The van der Waals surface area contributed by atoms with Crippen LogP contribution in [0.1, 0.15) is 13.1 Å². The number of aromatic nitrogens is 2. The van der Waals surface area contributed by atoms with E-state index in [0.717, 1.165) is 0 Å². The van der Waals surface area contributed by atoms with E-state index in [1.807, 2.05) is 0 Å². The maximum absolute atomic E-state index is 12.2. The third-order valence-corrected chi connectivity index (χ3v) is 2.74. The Labute approximate surface area is 103 Å². The van der Waals surface area contributed by atoms with Gasteiger partial charge in [-0.05, 0) is 36.7 Å². The Hall–Kier alpha value is -1.59. The fourth-order valence-corrected chi connectivity index (χ4v) is 1.95. The van der Waals surface area contributed by atoms with Gasteiger partial charge in [0.2, 0.25) is 5.28 Å². The lowest BCUT2D eigenvalue weighted by Crippen LogP contribution is -2.29. The molecule has 2 aromatic rings. The fraction of sp³-hybridized carbons (Fsp3) is 0.273. The van der Waals surface area contributed by atoms with Crippen LogP contribution in [-0.4, -0.2) is 16.7 Å². The van der Waals surface area contributed by atoms with Crippen LogP contribution in [0.15, 0.2) is 23.0 Å². The highest BCUT2D eigenvalue weighted by molar-refractivity contribution is 6.28. The number of hydrogen-bond donors (Lipinski definition) is 1. The van der Waals surface area contributed by atoms with E-state index in [9.17, 15) is 4.79 Å². The molecule has 0 bridgehead atoms. The van der Waals surface area contributed by atoms with Crippen molar-refractivity contribution in [2.24, 2.45) is 5.73 Å². The van der Waals surface area contributed by atoms with Crippen LogP contribution in [0, 0.1) is 0 Å². The van der Waals surface area contributed by atoms with Crippen molar-refractivity contribution in [1.82, 2.24) is 9.55 Å². The molecule has 1 aromatic carbocycles. The molecule has 0 fully saturated rings. The first kappa shape index (κ1) is 11.9. The van der Waals surface area contributed by atoms with Crippen LogP contribution in [0.25, 0.3) is 10.9 Å². The second kappa shape index (κ2) is 4.35. The summed E-state index contributed by atoms with van der Waals surface area (Å²) in [6, 6.07) is 5.04. The number of benzene rings is 1. The zero-order valence-corrected chi connectivity index (χ0v) is 10.2. The lowest BCUT2D eigenvalue weighted by atomic mass is 10.2. The van der Waals surface area contributed by atoms with E-state index >= 15 is 0 Å². The quantitative estimate of drug-likeness (QED) is 0.824. The molecule has 0 aliphatic rings. The molecule has 0 spiro atoms. The highest BCUT2D eigenvalue weighted by atomic mass is 35.5. The molecule has 90 valence electrons. The number of nitrogens with zero attached hydrogens (tertiary/aromatic N) is 2. The predicted molar refractivity (Wildman–Crippen MR) is 66.5 cm³/mol. The monoisotopic (exact) mass is 253 g/mol. The molecule has 1 atom stereocenters. The summed E-state index contributed by atoms with van der Waals surface area (Å²) in [5.41, 5.74) is 5.94. The lowest BCUT2D eigenvalue weighted by molar-refractivity contribution is 0.415. The minimum absolute atomic E-state index is 0.0858. The molecule has 5 nitrogen and oxygen atoms in total. The summed E-state index contributed by atoms with van der Waals surface area (Å²) >= 11 is 5.92. The number of fused-ring (bicyclic) bond motifs is 1. The number of hydrogen-bond acceptors (Lipinski definition) is 4. The molecule has 2 N–H and O–H groups in total. The van der Waals surface area contributed by atoms with Crippen molar-refractivity contribution in [3.63, 3.8) is 0 Å². The van der Waals surface area contributed by atoms with Gasteiger partial charge >= 0.3 is 0 Å². The number of nitrogens with two attached hydrogens (primary N) is 1. The van der Waals surface area contributed by atoms with E-state index < -0.39 is 6.17 Å². The van der Waals surface area contributed by atoms with Crippen LogP contribution in [0.4, 0.5) is 0 Å². The highest BCUT2D eigenvalue weighted by Crippen LogP contribution is 2.18. The molecule has 0 amide bonds. The predicted octanol–water partition coefficient (Wildman–Crippen LogP) is 1.54. The third-order valence-electron chi connectivity index (χ3n) is 2.47. The first-order valence-corrected chi connectivity index (χ1v) is 5.43. The van der Waals surface area contributed by atoms with Gasteiger partial charge in [-0.1, -0.05) is 0 Å². The highest BCUT2D eigenvalue weighted by Gasteiger charge is 2.12. The second-order valence-corrected chi connectivity index (χ2v) is 4.02. The van der Waals surface area contributed by atoms with E-state index in [-0.39, 0.29) is 10.8 Å². The van der Waals surface area contributed by atoms with Crippen LogP contribution in [-0.2, 0) is 0 Å². The maximum Gasteiger partial charge on any atom is 0.263 e. The minimum atomic E-state index is -0.530. The smallest absolute Gasteiger partial charge is 0.263 e. The van der Waals surface area contributed by atoms with E-state index in [1.54, 1.807) is 25.1 Å². The second-order valence-electron chi connectivity index (χ2n) is 3.68. The van der Waals surface area contributed by atoms with Crippen molar-refractivity contribution in [3.05, 3.63) is 33.8 Å². The van der Waals surface area contributed by atoms with E-state index in [0.29, 0.717) is 16.7 Å². The van der Waals surface area contributed by atoms with Crippen LogP contribution < -0.4 is 16.0 Å². The Morgan fingerprint density at radius 2 is 2.24 bits per heavy atom. The summed E-state index contributed by atoms with van der Waals surface area (Å²) in [5.74, 6) is 0.593. The van der Waals surface area contributed by atoms with Crippen molar-refractivity contribution in [2.45, 2.75) is 13.1 Å². The average Bonchev–Trinajstić information content (AvgIpc) is 2.28. The molecular weight excluding hydrogens is 242 g/mol. The van der Waals surface area contributed by atoms with Gasteiger partial charge < -0.3 is 10.5 Å². The zero-order valence-electron chi connectivity index (χ0n) is 9.48. The zero-order chi connectivity index (χ0) is 12.6. The summed E-state index contributed by atoms with van der Waals surface area (Å²) in [5, 5.41) is 0.522. The van der Waals surface area contributed by atoms with Crippen molar-refractivity contribution < 1.29 is 4.74 Å². The maximum atomic E-state index is 12.2. The summed E-state index contributed by atoms with van der Waals surface area (Å²) < 4.78 is 6.31. The van der Waals surface area contributed by atoms with E-state index in [4.69, 9.17) is 22.1 Å². The van der Waals surface area contributed by atoms with Crippen molar-refractivity contribution >= 4 is 22.5 Å². The summed E-state index contributed by atoms with van der Waals surface area (Å²) in [6.45, 7) is 1.67. The number of methoxy groups -OCH3 is 1. The van der Waals surface area contributed by atoms with E-state index in [2.05, 4.69) is 4.98 Å². The normalized spacial score (nSPS) is 12.7. The Kier molecular flexibility index (Phi) is 3.04. The summed E-state index contributed by atoms with van der Waals surface area (Å²) in [4.78, 5) is 16.3. The molecule has 2 rings (SSSR count). The van der Waals surface area contributed by atoms with Crippen LogP contribution in [0.5, 0.6) is 5.75 Å². The van der Waals surface area contributed by atoms with Gasteiger partial charge in [-0.15, -0.1) is 0 Å². The molecule has 1 unspecified atom stereocenters. The number of ether oxygens (including phenoxy) is 1. The van der Waals surface area contributed by atoms with Crippen molar-refractivity contribution in [3.8, 4) is 5.75 Å². The van der Waals surface area contributed by atoms with Gasteiger partial charge in [0, 0.05) is 0 Å². The minimum Gasteiger partial charge on any atom is -0.497 e. The molecule has 1 heterocycles. The molecule has 0 radical (unpaired) electrons. The molecule has 1 aromatic heterocycles. The molecule has 0 saturated heterocycles. The Morgan fingerprint density at radius 1 is 1.53 bits per heavy atom. The van der Waals surface area contributed by atoms with Crippen LogP contribution in [0.3, 0.4) is 0 Å². The molecule has 6 heteroatoms. The largest absolute Gasteiger partial charge is 0.497 e. The van der Waals surface area contributed by atoms with Gasteiger partial charge in [-0.3, -0.25) is 9.36 Å². The number of halogens is 1. The Balaban J connectivity index is 2.84. The van der Waals surface area contributed by atoms with Gasteiger partial charge in [0.1, 0.15) is 5.75 Å². The first-order chi connectivity index (χ1) is 8.04. The van der Waals surface area contributed by atoms with Crippen LogP contribution >= 0.6 is 11.6 Å². The first-order valence-electron chi connectivity index (χ1n) is 5.06. The molecule has 0 aliphatic carbocycles. The standard InChI is InChI=1S/C11H12ClN3O2/c1-6(13)15-10(16)8-5-7(17-2)3-4-9(8)14-11(15)12/h3-6H,13H2,1-2H3. The molecular formula is C11H12ClN3O2. The van der Waals surface area contributed by atoms with Gasteiger partial charge in [0.15, 0.2) is 0 Å². The van der Waals surface area contributed by atoms with Gasteiger partial charge in [0.05, 0.1) is 24.2 Å². The molecule has 17 heavy (non-hydrogen) atoms. The topological polar surface area (TPSA) is 70.1 Å².